The Morgan fingerprint density at radius 3 is 2.65 bits per heavy atom. The van der Waals surface area contributed by atoms with Crippen LogP contribution < -0.4 is 5.73 Å². The van der Waals surface area contributed by atoms with Gasteiger partial charge in [0.25, 0.3) is 0 Å². The fourth-order valence-electron chi connectivity index (χ4n) is 2.39. The maximum atomic E-state index is 13.5. The lowest BCUT2D eigenvalue weighted by atomic mass is 9.98. The molecule has 2 nitrogen and oxygen atoms in total. The molecule has 17 heavy (non-hydrogen) atoms. The molecule has 1 atom stereocenters. The fraction of sp³-hybridized carbons (Fsp3) is 0.538. The van der Waals surface area contributed by atoms with Crippen LogP contribution in [0.5, 0.6) is 0 Å². The van der Waals surface area contributed by atoms with E-state index in [0.717, 1.165) is 25.9 Å². The van der Waals surface area contributed by atoms with Crippen LogP contribution in [0, 0.1) is 17.6 Å². The molecule has 1 unspecified atom stereocenters. The van der Waals surface area contributed by atoms with E-state index in [1.807, 2.05) is 0 Å². The van der Waals surface area contributed by atoms with Crippen LogP contribution in [0.4, 0.5) is 8.78 Å². The van der Waals surface area contributed by atoms with Crippen LogP contribution in [-0.2, 0) is 6.54 Å². The Morgan fingerprint density at radius 2 is 2.00 bits per heavy atom. The molecule has 2 rings (SSSR count). The minimum atomic E-state index is -0.458. The van der Waals surface area contributed by atoms with E-state index in [0.29, 0.717) is 19.0 Å². The molecule has 1 fully saturated rings. The Kier molecular flexibility index (Phi) is 4.07. The third kappa shape index (κ3) is 3.01. The summed E-state index contributed by atoms with van der Waals surface area (Å²) in [4.78, 5) is 2.09. The first-order valence-electron chi connectivity index (χ1n) is 6.06. The van der Waals surface area contributed by atoms with Gasteiger partial charge in [0.15, 0.2) is 0 Å². The van der Waals surface area contributed by atoms with E-state index in [1.165, 1.54) is 18.2 Å². The molecule has 0 spiro atoms. The van der Waals surface area contributed by atoms with E-state index in [-0.39, 0.29) is 5.56 Å². The molecule has 0 amide bonds. The van der Waals surface area contributed by atoms with Gasteiger partial charge in [-0.25, -0.2) is 8.78 Å². The number of benzene rings is 1. The predicted octanol–water partition coefficient (Wildman–Crippen LogP) is 2.14. The quantitative estimate of drug-likeness (QED) is 0.877. The van der Waals surface area contributed by atoms with Crippen LogP contribution in [-0.4, -0.2) is 24.5 Å². The first-order chi connectivity index (χ1) is 8.20. The molecular weight excluding hydrogens is 222 g/mol. The van der Waals surface area contributed by atoms with E-state index in [9.17, 15) is 8.78 Å². The molecule has 1 aromatic rings. The van der Waals surface area contributed by atoms with Gasteiger partial charge in [0.2, 0.25) is 0 Å². The Hall–Kier alpha value is -1.00. The number of nitrogens with two attached hydrogens (primary N) is 1. The van der Waals surface area contributed by atoms with E-state index >= 15 is 0 Å². The number of halogens is 2. The second-order valence-electron chi connectivity index (χ2n) is 4.68. The van der Waals surface area contributed by atoms with Gasteiger partial charge in [-0.2, -0.15) is 0 Å². The average molecular weight is 240 g/mol. The lowest BCUT2D eigenvalue weighted by Gasteiger charge is -2.32. The Bertz CT molecular complexity index is 361. The van der Waals surface area contributed by atoms with E-state index in [1.54, 1.807) is 0 Å². The summed E-state index contributed by atoms with van der Waals surface area (Å²) >= 11 is 0. The van der Waals surface area contributed by atoms with Crippen LogP contribution in [0.2, 0.25) is 0 Å². The SMILES string of the molecule is NCC1CCCN(Cc2c(F)cccc2F)C1. The van der Waals surface area contributed by atoms with E-state index in [2.05, 4.69) is 4.90 Å². The van der Waals surface area contributed by atoms with Gasteiger partial charge in [-0.15, -0.1) is 0 Å². The normalized spacial score (nSPS) is 21.7. The second-order valence-corrected chi connectivity index (χ2v) is 4.68. The van der Waals surface area contributed by atoms with Crippen molar-refractivity contribution in [3.8, 4) is 0 Å². The van der Waals surface area contributed by atoms with Crippen LogP contribution in [0.25, 0.3) is 0 Å². The molecule has 0 saturated carbocycles. The number of piperidine rings is 1. The number of hydrogen-bond acceptors (Lipinski definition) is 2. The highest BCUT2D eigenvalue weighted by atomic mass is 19.1. The smallest absolute Gasteiger partial charge is 0.130 e. The molecule has 4 heteroatoms. The first kappa shape index (κ1) is 12.5. The Morgan fingerprint density at radius 1 is 1.29 bits per heavy atom. The molecule has 1 aliphatic rings. The Balaban J connectivity index is 2.05. The summed E-state index contributed by atoms with van der Waals surface area (Å²) in [6.07, 6.45) is 2.17. The second kappa shape index (κ2) is 5.56. The molecule has 0 aliphatic carbocycles. The number of likely N-dealkylation sites (tertiary alicyclic amines) is 1. The molecular formula is C13H18F2N2. The fourth-order valence-corrected chi connectivity index (χ4v) is 2.39. The van der Waals surface area contributed by atoms with Gasteiger partial charge in [0.05, 0.1) is 0 Å². The molecule has 1 aliphatic heterocycles. The van der Waals surface area contributed by atoms with Crippen LogP contribution in [0.3, 0.4) is 0 Å². The summed E-state index contributed by atoms with van der Waals surface area (Å²) in [6.45, 7) is 2.72. The van der Waals surface area contributed by atoms with Crippen molar-refractivity contribution in [3.05, 3.63) is 35.4 Å². The third-order valence-corrected chi connectivity index (χ3v) is 3.38. The third-order valence-electron chi connectivity index (χ3n) is 3.38. The van der Waals surface area contributed by atoms with Crippen LogP contribution in [0.15, 0.2) is 18.2 Å². The molecule has 1 aromatic carbocycles. The van der Waals surface area contributed by atoms with Gasteiger partial charge in [0.1, 0.15) is 11.6 Å². The topological polar surface area (TPSA) is 29.3 Å². The maximum Gasteiger partial charge on any atom is 0.130 e. The molecule has 0 aromatic heterocycles. The molecule has 0 radical (unpaired) electrons. The van der Waals surface area contributed by atoms with Crippen molar-refractivity contribution in [2.24, 2.45) is 11.7 Å². The van der Waals surface area contributed by atoms with Crippen LogP contribution in [0.1, 0.15) is 18.4 Å². The molecule has 0 bridgehead atoms. The van der Waals surface area contributed by atoms with Gasteiger partial charge in [-0.3, -0.25) is 4.90 Å². The van der Waals surface area contributed by atoms with E-state index < -0.39 is 11.6 Å². The lowest BCUT2D eigenvalue weighted by molar-refractivity contribution is 0.167. The highest BCUT2D eigenvalue weighted by Crippen LogP contribution is 2.20. The van der Waals surface area contributed by atoms with Crippen LogP contribution >= 0.6 is 0 Å². The van der Waals surface area contributed by atoms with Crippen molar-refractivity contribution in [1.29, 1.82) is 0 Å². The van der Waals surface area contributed by atoms with Crippen molar-refractivity contribution < 1.29 is 8.78 Å². The van der Waals surface area contributed by atoms with Crippen molar-refractivity contribution >= 4 is 0 Å². The molecule has 2 N–H and O–H groups in total. The highest BCUT2D eigenvalue weighted by molar-refractivity contribution is 5.19. The zero-order valence-electron chi connectivity index (χ0n) is 9.83. The Labute approximate surface area is 100 Å². The maximum absolute atomic E-state index is 13.5. The summed E-state index contributed by atoms with van der Waals surface area (Å²) in [5.41, 5.74) is 5.82. The van der Waals surface area contributed by atoms with Crippen molar-refractivity contribution in [3.63, 3.8) is 0 Å². The van der Waals surface area contributed by atoms with Gasteiger partial charge >= 0.3 is 0 Å². The van der Waals surface area contributed by atoms with Gasteiger partial charge in [0, 0.05) is 18.7 Å². The van der Waals surface area contributed by atoms with Crippen molar-refractivity contribution in [2.45, 2.75) is 19.4 Å². The summed E-state index contributed by atoms with van der Waals surface area (Å²) < 4.78 is 27.0. The average Bonchev–Trinajstić information content (AvgIpc) is 2.34. The summed E-state index contributed by atoms with van der Waals surface area (Å²) in [7, 11) is 0. The van der Waals surface area contributed by atoms with Crippen molar-refractivity contribution in [2.75, 3.05) is 19.6 Å². The summed E-state index contributed by atoms with van der Waals surface area (Å²) in [5.74, 6) is -0.460. The zero-order valence-corrected chi connectivity index (χ0v) is 9.83. The first-order valence-corrected chi connectivity index (χ1v) is 6.06. The van der Waals surface area contributed by atoms with Gasteiger partial charge < -0.3 is 5.73 Å². The molecule has 94 valence electrons. The largest absolute Gasteiger partial charge is 0.330 e. The summed E-state index contributed by atoms with van der Waals surface area (Å²) in [6, 6.07) is 4.01. The monoisotopic (exact) mass is 240 g/mol. The molecule has 1 saturated heterocycles. The summed E-state index contributed by atoms with van der Waals surface area (Å²) in [5, 5.41) is 0. The van der Waals surface area contributed by atoms with Crippen molar-refractivity contribution in [1.82, 2.24) is 4.90 Å². The zero-order chi connectivity index (χ0) is 12.3. The predicted molar refractivity (Wildman–Crippen MR) is 63.4 cm³/mol. The number of rotatable bonds is 3. The molecule has 1 heterocycles. The van der Waals surface area contributed by atoms with E-state index in [4.69, 9.17) is 5.73 Å². The number of nitrogens with zero attached hydrogens (tertiary/aromatic N) is 1. The number of hydrogen-bond donors (Lipinski definition) is 1. The highest BCUT2D eigenvalue weighted by Gasteiger charge is 2.20. The minimum Gasteiger partial charge on any atom is -0.330 e. The standard InChI is InChI=1S/C13H18F2N2/c14-12-4-1-5-13(15)11(12)9-17-6-2-3-10(7-16)8-17/h1,4-5,10H,2-3,6-9,16H2. The van der Waals surface area contributed by atoms with Gasteiger partial charge in [-0.1, -0.05) is 6.07 Å². The van der Waals surface area contributed by atoms with Gasteiger partial charge in [-0.05, 0) is 44.0 Å². The lowest BCUT2D eigenvalue weighted by Crippen LogP contribution is -2.38. The minimum absolute atomic E-state index is 0.171.